The highest BCUT2D eigenvalue weighted by atomic mass is 16.1. The van der Waals surface area contributed by atoms with Gasteiger partial charge in [-0.2, -0.15) is 0 Å². The third-order valence-electron chi connectivity index (χ3n) is 6.36. The summed E-state index contributed by atoms with van der Waals surface area (Å²) in [6, 6.07) is 0.763. The molecule has 2 fully saturated rings. The summed E-state index contributed by atoms with van der Waals surface area (Å²) < 4.78 is 0. The Morgan fingerprint density at radius 1 is 1.30 bits per heavy atom. The molecule has 0 aromatic rings. The molecule has 2 atom stereocenters. The van der Waals surface area contributed by atoms with Gasteiger partial charge in [0.15, 0.2) is 0 Å². The Labute approximate surface area is 123 Å². The maximum absolute atomic E-state index is 11.8. The number of hydrogen-bond donors (Lipinski definition) is 1. The number of ketones is 1. The molecule has 2 nitrogen and oxygen atoms in total. The fourth-order valence-electron chi connectivity index (χ4n) is 4.88. The molecule has 2 saturated carbocycles. The van der Waals surface area contributed by atoms with Gasteiger partial charge < -0.3 is 5.32 Å². The van der Waals surface area contributed by atoms with Crippen LogP contribution in [0.1, 0.15) is 58.3 Å². The Balaban J connectivity index is 1.48. The minimum Gasteiger partial charge on any atom is -0.317 e. The van der Waals surface area contributed by atoms with Crippen LogP contribution in [0.15, 0.2) is 12.2 Å². The lowest BCUT2D eigenvalue weighted by molar-refractivity contribution is -0.123. The summed E-state index contributed by atoms with van der Waals surface area (Å²) in [7, 11) is 2.10. The molecular weight excluding hydrogens is 246 g/mol. The monoisotopic (exact) mass is 275 g/mol. The largest absolute Gasteiger partial charge is 0.317 e. The van der Waals surface area contributed by atoms with Crippen molar-refractivity contribution in [3.05, 3.63) is 12.2 Å². The minimum absolute atomic E-state index is 0.261. The molecule has 0 saturated heterocycles. The average molecular weight is 275 g/mol. The maximum Gasteiger partial charge on any atom is 0.140 e. The first-order valence-electron chi connectivity index (χ1n) is 8.48. The first-order valence-corrected chi connectivity index (χ1v) is 8.48. The van der Waals surface area contributed by atoms with Crippen LogP contribution in [0.25, 0.3) is 0 Å². The van der Waals surface area contributed by atoms with Gasteiger partial charge in [-0.15, -0.1) is 0 Å². The summed E-state index contributed by atoms with van der Waals surface area (Å²) in [6.45, 7) is 2.13. The van der Waals surface area contributed by atoms with Gasteiger partial charge in [-0.25, -0.2) is 0 Å². The van der Waals surface area contributed by atoms with E-state index in [0.717, 1.165) is 12.0 Å². The zero-order chi connectivity index (χ0) is 14.2. The number of hydrogen-bond acceptors (Lipinski definition) is 2. The Morgan fingerprint density at radius 2 is 2.00 bits per heavy atom. The predicted octanol–water partition coefficient (Wildman–Crippen LogP) is 3.72. The molecule has 112 valence electrons. The van der Waals surface area contributed by atoms with Crippen LogP contribution in [-0.4, -0.2) is 18.9 Å². The van der Waals surface area contributed by atoms with Gasteiger partial charge in [-0.3, -0.25) is 4.79 Å². The molecule has 20 heavy (non-hydrogen) atoms. The number of rotatable bonds is 3. The van der Waals surface area contributed by atoms with Gasteiger partial charge in [0.2, 0.25) is 0 Å². The van der Waals surface area contributed by atoms with Crippen LogP contribution in [-0.2, 0) is 4.79 Å². The number of carbonyl (C=O) groups excluding carboxylic acids is 1. The molecule has 0 heterocycles. The van der Waals surface area contributed by atoms with Crippen molar-refractivity contribution in [2.24, 2.45) is 23.2 Å². The molecule has 1 N–H and O–H groups in total. The standard InChI is InChI=1S/C18H29NO/c1-13-15(4-3-5-17(13)20)10-14-11-18(12-14)8-6-16(19-2)7-9-18/h3-4,13-16,19H,5-12H2,1-2H3. The van der Waals surface area contributed by atoms with Gasteiger partial charge in [0.1, 0.15) is 5.78 Å². The van der Waals surface area contributed by atoms with Crippen molar-refractivity contribution < 1.29 is 4.79 Å². The second-order valence-corrected chi connectivity index (χ2v) is 7.62. The molecule has 1 spiro atoms. The second kappa shape index (κ2) is 5.63. The molecule has 3 aliphatic rings. The van der Waals surface area contributed by atoms with E-state index in [1.165, 1.54) is 44.9 Å². The summed E-state index contributed by atoms with van der Waals surface area (Å²) in [5.41, 5.74) is 0.684. The van der Waals surface area contributed by atoms with E-state index in [-0.39, 0.29) is 5.92 Å². The smallest absolute Gasteiger partial charge is 0.140 e. The van der Waals surface area contributed by atoms with E-state index in [1.54, 1.807) is 0 Å². The van der Waals surface area contributed by atoms with E-state index in [4.69, 9.17) is 0 Å². The van der Waals surface area contributed by atoms with Gasteiger partial charge in [0.25, 0.3) is 0 Å². The van der Waals surface area contributed by atoms with Crippen molar-refractivity contribution >= 4 is 5.78 Å². The van der Waals surface area contributed by atoms with E-state index < -0.39 is 0 Å². The molecule has 0 radical (unpaired) electrons. The lowest BCUT2D eigenvalue weighted by Crippen LogP contribution is -2.44. The van der Waals surface area contributed by atoms with Crippen molar-refractivity contribution in [2.75, 3.05) is 7.05 Å². The molecule has 3 aliphatic carbocycles. The van der Waals surface area contributed by atoms with Crippen LogP contribution in [0.5, 0.6) is 0 Å². The Hall–Kier alpha value is -0.630. The Morgan fingerprint density at radius 3 is 2.65 bits per heavy atom. The number of Topliss-reactive ketones (excluding diaryl/α,β-unsaturated/α-hetero) is 1. The average Bonchev–Trinajstić information content (AvgIpc) is 2.43. The fourth-order valence-corrected chi connectivity index (χ4v) is 4.88. The summed E-state index contributed by atoms with van der Waals surface area (Å²) in [5, 5.41) is 3.43. The highest BCUT2D eigenvalue weighted by Crippen LogP contribution is 2.56. The van der Waals surface area contributed by atoms with E-state index in [9.17, 15) is 4.79 Å². The van der Waals surface area contributed by atoms with Crippen molar-refractivity contribution in [2.45, 2.75) is 64.3 Å². The van der Waals surface area contributed by atoms with Gasteiger partial charge in [-0.05, 0) is 69.2 Å². The second-order valence-electron chi connectivity index (χ2n) is 7.62. The molecule has 0 bridgehead atoms. The Kier molecular flexibility index (Phi) is 4.03. The lowest BCUT2D eigenvalue weighted by Gasteiger charge is -2.52. The summed E-state index contributed by atoms with van der Waals surface area (Å²) in [5.74, 6) is 2.11. The molecule has 2 unspecified atom stereocenters. The van der Waals surface area contributed by atoms with Crippen molar-refractivity contribution in [1.82, 2.24) is 5.32 Å². The fraction of sp³-hybridized carbons (Fsp3) is 0.833. The highest BCUT2D eigenvalue weighted by Gasteiger charge is 2.46. The number of nitrogens with one attached hydrogen (secondary N) is 1. The molecule has 0 aromatic heterocycles. The first-order chi connectivity index (χ1) is 9.62. The summed E-state index contributed by atoms with van der Waals surface area (Å²) in [6.07, 6.45) is 14.7. The van der Waals surface area contributed by atoms with E-state index in [2.05, 4.69) is 31.4 Å². The summed E-state index contributed by atoms with van der Waals surface area (Å²) in [4.78, 5) is 11.8. The number of carbonyl (C=O) groups is 1. The van der Waals surface area contributed by atoms with Crippen LogP contribution in [0, 0.1) is 23.2 Å². The van der Waals surface area contributed by atoms with Crippen molar-refractivity contribution in [1.29, 1.82) is 0 Å². The molecule has 3 rings (SSSR count). The maximum atomic E-state index is 11.8. The molecule has 0 aromatic carbocycles. The number of allylic oxidation sites excluding steroid dienone is 2. The predicted molar refractivity (Wildman–Crippen MR) is 82.5 cm³/mol. The van der Waals surface area contributed by atoms with Gasteiger partial charge in [-0.1, -0.05) is 19.1 Å². The lowest BCUT2D eigenvalue weighted by atomic mass is 9.53. The van der Waals surface area contributed by atoms with E-state index in [0.29, 0.717) is 23.5 Å². The van der Waals surface area contributed by atoms with E-state index >= 15 is 0 Å². The van der Waals surface area contributed by atoms with Crippen LogP contribution in [0.2, 0.25) is 0 Å². The topological polar surface area (TPSA) is 29.1 Å². The van der Waals surface area contributed by atoms with Crippen LogP contribution in [0.4, 0.5) is 0 Å². The van der Waals surface area contributed by atoms with Crippen molar-refractivity contribution in [3.63, 3.8) is 0 Å². The highest BCUT2D eigenvalue weighted by molar-refractivity contribution is 5.83. The Bertz CT molecular complexity index is 384. The molecular formula is C18H29NO. The molecule has 0 amide bonds. The van der Waals surface area contributed by atoms with E-state index in [1.807, 2.05) is 0 Å². The molecule has 2 heteroatoms. The van der Waals surface area contributed by atoms with Gasteiger partial charge in [0, 0.05) is 18.4 Å². The molecule has 0 aliphatic heterocycles. The van der Waals surface area contributed by atoms with Crippen LogP contribution in [0.3, 0.4) is 0 Å². The SMILES string of the molecule is CNC1CCC2(CC1)CC(CC1C=CCC(=O)C1C)C2. The van der Waals surface area contributed by atoms with Crippen molar-refractivity contribution in [3.8, 4) is 0 Å². The zero-order valence-electron chi connectivity index (χ0n) is 13.0. The van der Waals surface area contributed by atoms with Gasteiger partial charge in [0.05, 0.1) is 0 Å². The van der Waals surface area contributed by atoms with Crippen LogP contribution >= 0.6 is 0 Å². The zero-order valence-corrected chi connectivity index (χ0v) is 13.0. The normalized spacial score (nSPS) is 44.6. The third-order valence-corrected chi connectivity index (χ3v) is 6.36. The quantitative estimate of drug-likeness (QED) is 0.795. The summed E-state index contributed by atoms with van der Waals surface area (Å²) >= 11 is 0. The van der Waals surface area contributed by atoms with Gasteiger partial charge >= 0.3 is 0 Å². The minimum atomic E-state index is 0.261. The van der Waals surface area contributed by atoms with Crippen LogP contribution < -0.4 is 5.32 Å². The third kappa shape index (κ3) is 2.72. The first kappa shape index (κ1) is 14.3.